The van der Waals surface area contributed by atoms with Gasteiger partial charge in [-0.05, 0) is 36.4 Å². The first-order valence-electron chi connectivity index (χ1n) is 4.85. The van der Waals surface area contributed by atoms with E-state index in [0.717, 1.165) is 16.9 Å². The average molecular weight is 210 g/mol. The van der Waals surface area contributed by atoms with Gasteiger partial charge in [0.1, 0.15) is 0 Å². The Balaban J connectivity index is 0.000000165. The van der Waals surface area contributed by atoms with Crippen molar-refractivity contribution in [3.63, 3.8) is 0 Å². The van der Waals surface area contributed by atoms with Crippen LogP contribution < -0.4 is 11.5 Å². The molecule has 0 saturated heterocycles. The van der Waals surface area contributed by atoms with Crippen LogP contribution in [0.2, 0.25) is 0 Å². The Morgan fingerprint density at radius 2 is 1.25 bits per heavy atom. The first kappa shape index (κ1) is 11.7. The maximum Gasteiger partial charge on any atom is 0.0314 e. The molecule has 0 radical (unpaired) electrons. The number of para-hydroxylation sites is 1. The van der Waals surface area contributed by atoms with Crippen LogP contribution in [0.5, 0.6) is 0 Å². The first-order valence-corrected chi connectivity index (χ1v) is 4.85. The van der Waals surface area contributed by atoms with E-state index in [9.17, 15) is 0 Å². The summed E-state index contributed by atoms with van der Waals surface area (Å²) in [6.45, 7) is 0. The van der Waals surface area contributed by atoms with E-state index in [1.165, 1.54) is 0 Å². The molecule has 0 fully saturated rings. The lowest BCUT2D eigenvalue weighted by molar-refractivity contribution is 1.64. The van der Waals surface area contributed by atoms with Crippen molar-refractivity contribution in [2.75, 3.05) is 11.5 Å². The SMILES string of the molecule is C#Cc1ccc(N)cc1.Nc1ccccc1. The van der Waals surface area contributed by atoms with E-state index in [0.29, 0.717) is 0 Å². The zero-order chi connectivity index (χ0) is 11.8. The number of anilines is 2. The topological polar surface area (TPSA) is 52.0 Å². The van der Waals surface area contributed by atoms with Gasteiger partial charge in [-0.1, -0.05) is 24.1 Å². The van der Waals surface area contributed by atoms with Crippen molar-refractivity contribution in [2.24, 2.45) is 0 Å². The second-order valence-electron chi connectivity index (χ2n) is 3.18. The van der Waals surface area contributed by atoms with Crippen LogP contribution in [0.25, 0.3) is 0 Å². The number of hydrogen-bond acceptors (Lipinski definition) is 2. The summed E-state index contributed by atoms with van der Waals surface area (Å²) in [6.07, 6.45) is 5.11. The van der Waals surface area contributed by atoms with E-state index in [1.807, 2.05) is 42.5 Å². The number of hydrogen-bond donors (Lipinski definition) is 2. The minimum absolute atomic E-state index is 0.744. The van der Waals surface area contributed by atoms with E-state index >= 15 is 0 Å². The fourth-order valence-electron chi connectivity index (χ4n) is 1.03. The standard InChI is InChI=1S/C8H7N.C6H7N/c1-2-7-3-5-8(9)6-4-7;7-6-4-2-1-3-5-6/h1,3-6H,9H2;1-5H,7H2. The Labute approximate surface area is 95.9 Å². The monoisotopic (exact) mass is 210 g/mol. The molecule has 16 heavy (non-hydrogen) atoms. The first-order chi connectivity index (χ1) is 7.72. The van der Waals surface area contributed by atoms with Gasteiger partial charge in [-0.2, -0.15) is 0 Å². The number of nitrogen functional groups attached to an aromatic ring is 2. The Kier molecular flexibility index (Phi) is 4.49. The summed E-state index contributed by atoms with van der Waals surface area (Å²) < 4.78 is 0. The lowest BCUT2D eigenvalue weighted by Gasteiger charge is -1.89. The molecule has 2 aromatic rings. The number of nitrogens with two attached hydrogens (primary N) is 2. The van der Waals surface area contributed by atoms with Crippen LogP contribution in [-0.2, 0) is 0 Å². The Morgan fingerprint density at radius 1 is 0.750 bits per heavy atom. The number of terminal acetylenes is 1. The summed E-state index contributed by atoms with van der Waals surface area (Å²) in [7, 11) is 0. The van der Waals surface area contributed by atoms with Gasteiger partial charge in [-0.25, -0.2) is 0 Å². The molecule has 2 heteroatoms. The fraction of sp³-hybridized carbons (Fsp3) is 0. The average Bonchev–Trinajstić information content (AvgIpc) is 2.32. The predicted molar refractivity (Wildman–Crippen MR) is 69.6 cm³/mol. The van der Waals surface area contributed by atoms with Gasteiger partial charge in [-0.3, -0.25) is 0 Å². The second kappa shape index (κ2) is 6.15. The Bertz CT molecular complexity index is 452. The maximum atomic E-state index is 5.41. The van der Waals surface area contributed by atoms with Gasteiger partial charge in [0.25, 0.3) is 0 Å². The Hall–Kier alpha value is -2.40. The predicted octanol–water partition coefficient (Wildman–Crippen LogP) is 2.52. The number of rotatable bonds is 0. The van der Waals surface area contributed by atoms with Crippen molar-refractivity contribution in [2.45, 2.75) is 0 Å². The summed E-state index contributed by atoms with van der Waals surface area (Å²) in [5.41, 5.74) is 13.2. The van der Waals surface area contributed by atoms with E-state index < -0.39 is 0 Å². The molecule has 4 N–H and O–H groups in total. The molecule has 0 atom stereocenters. The normalized spacial score (nSPS) is 8.44. The summed E-state index contributed by atoms with van der Waals surface area (Å²) in [5, 5.41) is 0. The van der Waals surface area contributed by atoms with Crippen molar-refractivity contribution in [1.82, 2.24) is 0 Å². The molecular formula is C14H14N2. The zero-order valence-corrected chi connectivity index (χ0v) is 8.93. The van der Waals surface area contributed by atoms with Crippen LogP contribution in [0.4, 0.5) is 11.4 Å². The van der Waals surface area contributed by atoms with E-state index in [4.69, 9.17) is 17.9 Å². The van der Waals surface area contributed by atoms with E-state index in [-0.39, 0.29) is 0 Å². The molecule has 0 unspecified atom stereocenters. The number of benzene rings is 2. The second-order valence-corrected chi connectivity index (χ2v) is 3.18. The molecule has 0 aliphatic rings. The largest absolute Gasteiger partial charge is 0.399 e. The third-order valence-electron chi connectivity index (χ3n) is 1.88. The van der Waals surface area contributed by atoms with Gasteiger partial charge >= 0.3 is 0 Å². The third-order valence-corrected chi connectivity index (χ3v) is 1.88. The summed E-state index contributed by atoms with van der Waals surface area (Å²) >= 11 is 0. The molecule has 0 aliphatic heterocycles. The molecule has 80 valence electrons. The highest BCUT2D eigenvalue weighted by Crippen LogP contribution is 2.02. The van der Waals surface area contributed by atoms with Gasteiger partial charge in [0.05, 0.1) is 0 Å². The van der Waals surface area contributed by atoms with Gasteiger partial charge in [0.2, 0.25) is 0 Å². The summed E-state index contributed by atoms with van der Waals surface area (Å²) in [5.74, 6) is 2.50. The van der Waals surface area contributed by atoms with Crippen LogP contribution >= 0.6 is 0 Å². The summed E-state index contributed by atoms with van der Waals surface area (Å²) in [6, 6.07) is 16.7. The molecule has 0 saturated carbocycles. The van der Waals surface area contributed by atoms with Crippen molar-refractivity contribution in [3.05, 3.63) is 60.2 Å². The van der Waals surface area contributed by atoms with Crippen molar-refractivity contribution in [1.29, 1.82) is 0 Å². The van der Waals surface area contributed by atoms with Crippen LogP contribution in [-0.4, -0.2) is 0 Å². The smallest absolute Gasteiger partial charge is 0.0314 e. The van der Waals surface area contributed by atoms with Gasteiger partial charge in [-0.15, -0.1) is 6.42 Å². The van der Waals surface area contributed by atoms with Crippen LogP contribution in [0.1, 0.15) is 5.56 Å². The molecule has 0 aliphatic carbocycles. The van der Waals surface area contributed by atoms with E-state index in [1.54, 1.807) is 12.1 Å². The molecule has 0 amide bonds. The molecular weight excluding hydrogens is 196 g/mol. The maximum absolute atomic E-state index is 5.41. The molecule has 2 aromatic carbocycles. The van der Waals surface area contributed by atoms with Crippen molar-refractivity contribution >= 4 is 11.4 Å². The minimum Gasteiger partial charge on any atom is -0.399 e. The van der Waals surface area contributed by atoms with Crippen LogP contribution in [0.15, 0.2) is 54.6 Å². The zero-order valence-electron chi connectivity index (χ0n) is 8.93. The molecule has 0 aromatic heterocycles. The third kappa shape index (κ3) is 4.21. The molecule has 2 rings (SSSR count). The van der Waals surface area contributed by atoms with Crippen molar-refractivity contribution in [3.8, 4) is 12.3 Å². The molecule has 2 nitrogen and oxygen atoms in total. The minimum atomic E-state index is 0.744. The molecule has 0 bridgehead atoms. The van der Waals surface area contributed by atoms with Crippen LogP contribution in [0, 0.1) is 12.3 Å². The summed E-state index contributed by atoms with van der Waals surface area (Å²) in [4.78, 5) is 0. The fourth-order valence-corrected chi connectivity index (χ4v) is 1.03. The van der Waals surface area contributed by atoms with Gasteiger partial charge in [0, 0.05) is 16.9 Å². The highest BCUT2D eigenvalue weighted by Gasteiger charge is 1.83. The van der Waals surface area contributed by atoms with Gasteiger partial charge < -0.3 is 11.5 Å². The Morgan fingerprint density at radius 3 is 1.62 bits per heavy atom. The van der Waals surface area contributed by atoms with Crippen LogP contribution in [0.3, 0.4) is 0 Å². The lowest BCUT2D eigenvalue weighted by Crippen LogP contribution is -1.82. The highest BCUT2D eigenvalue weighted by molar-refractivity contribution is 5.43. The molecule has 0 heterocycles. The molecule has 0 spiro atoms. The van der Waals surface area contributed by atoms with Crippen molar-refractivity contribution < 1.29 is 0 Å². The highest BCUT2D eigenvalue weighted by atomic mass is 14.5. The quantitative estimate of drug-likeness (QED) is 0.518. The van der Waals surface area contributed by atoms with Gasteiger partial charge in [0.15, 0.2) is 0 Å². The van der Waals surface area contributed by atoms with E-state index in [2.05, 4.69) is 5.92 Å². The lowest BCUT2D eigenvalue weighted by atomic mass is 10.2.